The highest BCUT2D eigenvalue weighted by molar-refractivity contribution is 5.80. The first-order valence-corrected chi connectivity index (χ1v) is 9.07. The average Bonchev–Trinajstić information content (AvgIpc) is 2.62. The molecule has 1 saturated carbocycles. The van der Waals surface area contributed by atoms with Crippen molar-refractivity contribution in [1.82, 2.24) is 10.6 Å². The quantitative estimate of drug-likeness (QED) is 0.436. The molecule has 0 atom stereocenters. The summed E-state index contributed by atoms with van der Waals surface area (Å²) >= 11 is 0. The van der Waals surface area contributed by atoms with Gasteiger partial charge in [-0.1, -0.05) is 31.4 Å². The van der Waals surface area contributed by atoms with Crippen LogP contribution in [0.3, 0.4) is 0 Å². The highest BCUT2D eigenvalue weighted by Crippen LogP contribution is 2.17. The summed E-state index contributed by atoms with van der Waals surface area (Å²) < 4.78 is 10.6. The Bertz CT molecular complexity index is 482. The Labute approximate surface area is 145 Å². The molecule has 0 unspecified atom stereocenters. The zero-order valence-electron chi connectivity index (χ0n) is 15.0. The van der Waals surface area contributed by atoms with Gasteiger partial charge in [-0.15, -0.1) is 0 Å². The van der Waals surface area contributed by atoms with E-state index < -0.39 is 0 Å². The number of aliphatic imine (C=N–C) groups is 1. The van der Waals surface area contributed by atoms with Gasteiger partial charge in [-0.3, -0.25) is 0 Å². The Morgan fingerprint density at radius 1 is 1.12 bits per heavy atom. The number of ether oxygens (including phenoxy) is 2. The Kier molecular flexibility index (Phi) is 8.46. The van der Waals surface area contributed by atoms with Crippen molar-refractivity contribution in [2.45, 2.75) is 51.6 Å². The minimum Gasteiger partial charge on any atom is -0.491 e. The second-order valence-electron chi connectivity index (χ2n) is 6.16. The lowest BCUT2D eigenvalue weighted by Gasteiger charge is -2.24. The number of benzene rings is 1. The molecule has 1 aromatic carbocycles. The molecule has 1 fully saturated rings. The zero-order chi connectivity index (χ0) is 17.0. The third-order valence-corrected chi connectivity index (χ3v) is 4.19. The monoisotopic (exact) mass is 333 g/mol. The van der Waals surface area contributed by atoms with Gasteiger partial charge in [0.1, 0.15) is 12.4 Å². The molecular formula is C19H31N3O2. The van der Waals surface area contributed by atoms with E-state index in [9.17, 15) is 0 Å². The number of rotatable bonds is 8. The third-order valence-electron chi connectivity index (χ3n) is 4.19. The van der Waals surface area contributed by atoms with Crippen molar-refractivity contribution in [2.24, 2.45) is 4.99 Å². The normalized spacial score (nSPS) is 16.0. The maximum Gasteiger partial charge on any atom is 0.191 e. The number of nitrogens with one attached hydrogen (secondary N) is 2. The van der Waals surface area contributed by atoms with Crippen LogP contribution in [0.4, 0.5) is 0 Å². The van der Waals surface area contributed by atoms with Gasteiger partial charge in [-0.25, -0.2) is 4.99 Å². The Morgan fingerprint density at radius 3 is 2.54 bits per heavy atom. The van der Waals surface area contributed by atoms with Gasteiger partial charge in [0.05, 0.1) is 13.2 Å². The number of methoxy groups -OCH3 is 1. The van der Waals surface area contributed by atoms with Crippen LogP contribution in [0.2, 0.25) is 0 Å². The molecule has 2 N–H and O–H groups in total. The molecule has 1 aromatic rings. The van der Waals surface area contributed by atoms with Gasteiger partial charge >= 0.3 is 0 Å². The van der Waals surface area contributed by atoms with Crippen LogP contribution in [0.1, 0.15) is 44.6 Å². The van der Waals surface area contributed by atoms with E-state index >= 15 is 0 Å². The Hall–Kier alpha value is -1.75. The minimum atomic E-state index is 0.563. The molecular weight excluding hydrogens is 302 g/mol. The van der Waals surface area contributed by atoms with Crippen LogP contribution >= 0.6 is 0 Å². The molecule has 1 aliphatic rings. The first-order valence-electron chi connectivity index (χ1n) is 9.07. The standard InChI is InChI=1S/C19H31N3O2/c1-3-20-19(22-17-7-5-4-6-8-17)21-15-16-9-11-18(12-10-16)24-14-13-23-2/h9-12,17H,3-8,13-15H2,1-2H3,(H2,20,21,22). The largest absolute Gasteiger partial charge is 0.491 e. The van der Waals surface area contributed by atoms with Gasteiger partial charge in [-0.2, -0.15) is 0 Å². The Morgan fingerprint density at radius 2 is 1.88 bits per heavy atom. The number of hydrogen-bond acceptors (Lipinski definition) is 3. The zero-order valence-corrected chi connectivity index (χ0v) is 15.0. The highest BCUT2D eigenvalue weighted by Gasteiger charge is 2.14. The van der Waals surface area contributed by atoms with E-state index in [1.165, 1.54) is 37.7 Å². The van der Waals surface area contributed by atoms with E-state index in [2.05, 4.69) is 29.7 Å². The molecule has 134 valence electrons. The molecule has 0 bridgehead atoms. The molecule has 0 aromatic heterocycles. The lowest BCUT2D eigenvalue weighted by molar-refractivity contribution is 0.146. The van der Waals surface area contributed by atoms with Crippen LogP contribution in [-0.4, -0.2) is 38.9 Å². The molecule has 0 radical (unpaired) electrons. The van der Waals surface area contributed by atoms with Gasteiger partial charge in [0.15, 0.2) is 5.96 Å². The summed E-state index contributed by atoms with van der Waals surface area (Å²) in [7, 11) is 1.67. The summed E-state index contributed by atoms with van der Waals surface area (Å²) in [4.78, 5) is 4.72. The fourth-order valence-corrected chi connectivity index (χ4v) is 2.86. The summed E-state index contributed by atoms with van der Waals surface area (Å²) in [5, 5.41) is 6.92. The third kappa shape index (κ3) is 6.79. The maximum absolute atomic E-state index is 5.58. The van der Waals surface area contributed by atoms with Gasteiger partial charge in [0, 0.05) is 19.7 Å². The summed E-state index contributed by atoms with van der Waals surface area (Å²) in [6.07, 6.45) is 6.50. The van der Waals surface area contributed by atoms with Crippen LogP contribution in [-0.2, 0) is 11.3 Å². The molecule has 0 saturated heterocycles. The topological polar surface area (TPSA) is 54.9 Å². The lowest BCUT2D eigenvalue weighted by atomic mass is 9.96. The van der Waals surface area contributed by atoms with E-state index in [1.807, 2.05) is 12.1 Å². The van der Waals surface area contributed by atoms with Crippen molar-refractivity contribution >= 4 is 5.96 Å². The Balaban J connectivity index is 1.85. The van der Waals surface area contributed by atoms with Crippen molar-refractivity contribution in [1.29, 1.82) is 0 Å². The van der Waals surface area contributed by atoms with Crippen molar-refractivity contribution < 1.29 is 9.47 Å². The molecule has 0 amide bonds. The second kappa shape index (κ2) is 10.9. The molecule has 0 aliphatic heterocycles. The van der Waals surface area contributed by atoms with E-state index in [4.69, 9.17) is 14.5 Å². The van der Waals surface area contributed by atoms with E-state index in [0.717, 1.165) is 18.3 Å². The number of hydrogen-bond donors (Lipinski definition) is 2. The van der Waals surface area contributed by atoms with E-state index in [0.29, 0.717) is 25.8 Å². The van der Waals surface area contributed by atoms with Gasteiger partial charge in [0.25, 0.3) is 0 Å². The van der Waals surface area contributed by atoms with Gasteiger partial charge < -0.3 is 20.1 Å². The molecule has 2 rings (SSSR count). The van der Waals surface area contributed by atoms with Crippen LogP contribution in [0.25, 0.3) is 0 Å². The van der Waals surface area contributed by atoms with E-state index in [1.54, 1.807) is 7.11 Å². The number of guanidine groups is 1. The second-order valence-corrected chi connectivity index (χ2v) is 6.16. The first kappa shape index (κ1) is 18.6. The maximum atomic E-state index is 5.58. The predicted octanol–water partition coefficient (Wildman–Crippen LogP) is 3.10. The van der Waals surface area contributed by atoms with Crippen molar-refractivity contribution in [3.05, 3.63) is 29.8 Å². The molecule has 5 nitrogen and oxygen atoms in total. The summed E-state index contributed by atoms with van der Waals surface area (Å²) in [6, 6.07) is 8.67. The summed E-state index contributed by atoms with van der Waals surface area (Å²) in [5.41, 5.74) is 1.18. The average molecular weight is 333 g/mol. The molecule has 24 heavy (non-hydrogen) atoms. The molecule has 0 heterocycles. The predicted molar refractivity (Wildman–Crippen MR) is 98.6 cm³/mol. The van der Waals surface area contributed by atoms with E-state index in [-0.39, 0.29) is 0 Å². The van der Waals surface area contributed by atoms with Crippen LogP contribution in [0.5, 0.6) is 5.75 Å². The minimum absolute atomic E-state index is 0.563. The lowest BCUT2D eigenvalue weighted by Crippen LogP contribution is -2.44. The fourth-order valence-electron chi connectivity index (χ4n) is 2.86. The molecule has 0 spiro atoms. The summed E-state index contributed by atoms with van der Waals surface area (Å²) in [6.45, 7) is 4.82. The summed E-state index contributed by atoms with van der Waals surface area (Å²) in [5.74, 6) is 1.79. The smallest absolute Gasteiger partial charge is 0.191 e. The van der Waals surface area contributed by atoms with Crippen LogP contribution < -0.4 is 15.4 Å². The fraction of sp³-hybridized carbons (Fsp3) is 0.632. The van der Waals surface area contributed by atoms with Crippen molar-refractivity contribution in [3.63, 3.8) is 0 Å². The SMILES string of the molecule is CCNC(=NCc1ccc(OCCOC)cc1)NC1CCCCC1. The van der Waals surface area contributed by atoms with Crippen LogP contribution in [0.15, 0.2) is 29.3 Å². The molecule has 5 heteroatoms. The van der Waals surface area contributed by atoms with Crippen LogP contribution in [0, 0.1) is 0 Å². The first-order chi connectivity index (χ1) is 11.8. The molecule has 1 aliphatic carbocycles. The highest BCUT2D eigenvalue weighted by atomic mass is 16.5. The van der Waals surface area contributed by atoms with Gasteiger partial charge in [-0.05, 0) is 37.5 Å². The van der Waals surface area contributed by atoms with Crippen molar-refractivity contribution in [2.75, 3.05) is 26.9 Å². The van der Waals surface area contributed by atoms with Gasteiger partial charge in [0.2, 0.25) is 0 Å². The number of nitrogens with zero attached hydrogens (tertiary/aromatic N) is 1. The van der Waals surface area contributed by atoms with Crippen molar-refractivity contribution in [3.8, 4) is 5.75 Å².